The predicted octanol–water partition coefficient (Wildman–Crippen LogP) is 1.52. The molecule has 0 aromatic carbocycles. The van der Waals surface area contributed by atoms with E-state index in [1.54, 1.807) is 20.8 Å². The molecule has 0 aliphatic rings. The first kappa shape index (κ1) is 13.1. The predicted molar refractivity (Wildman–Crippen MR) is 59.8 cm³/mol. The van der Waals surface area contributed by atoms with Gasteiger partial charge in [0.25, 0.3) is 0 Å². The minimum absolute atomic E-state index is 0.0498. The second kappa shape index (κ2) is 4.15. The van der Waals surface area contributed by atoms with Gasteiger partial charge >= 0.3 is 11.7 Å². The average molecular weight is 241 g/mol. The van der Waals surface area contributed by atoms with E-state index in [9.17, 15) is 14.9 Å². The first-order chi connectivity index (χ1) is 7.66. The number of nitrogens with zero attached hydrogens (tertiary/aromatic N) is 3. The van der Waals surface area contributed by atoms with Gasteiger partial charge in [-0.15, -0.1) is 0 Å². The van der Waals surface area contributed by atoms with Gasteiger partial charge in [0.2, 0.25) is 0 Å². The quantitative estimate of drug-likeness (QED) is 0.636. The van der Waals surface area contributed by atoms with Crippen LogP contribution < -0.4 is 0 Å². The summed E-state index contributed by atoms with van der Waals surface area (Å²) in [5.41, 5.74) is -0.390. The number of rotatable bonds is 4. The Hall–Kier alpha value is -1.92. The standard InChI is InChI=1S/C10H15N3O4/c1-6-8(13(16)17)7(2)12(11-6)5-10(3,4)9(14)15/h5H2,1-4H3,(H,14,15). The van der Waals surface area contributed by atoms with Gasteiger partial charge in [0.05, 0.1) is 16.9 Å². The summed E-state index contributed by atoms with van der Waals surface area (Å²) in [6.45, 7) is 6.31. The molecule has 0 spiro atoms. The largest absolute Gasteiger partial charge is 0.481 e. The molecular formula is C10H15N3O4. The molecule has 7 nitrogen and oxygen atoms in total. The summed E-state index contributed by atoms with van der Waals surface area (Å²) in [5.74, 6) is -0.965. The summed E-state index contributed by atoms with van der Waals surface area (Å²) < 4.78 is 1.38. The number of aryl methyl sites for hydroxylation is 1. The van der Waals surface area contributed by atoms with Crippen molar-refractivity contribution in [1.29, 1.82) is 0 Å². The third kappa shape index (κ3) is 2.43. The molecule has 17 heavy (non-hydrogen) atoms. The monoisotopic (exact) mass is 241 g/mol. The molecule has 0 atom stereocenters. The van der Waals surface area contributed by atoms with Crippen molar-refractivity contribution in [3.05, 3.63) is 21.5 Å². The van der Waals surface area contributed by atoms with Crippen molar-refractivity contribution in [3.8, 4) is 0 Å². The molecule has 1 heterocycles. The summed E-state index contributed by atoms with van der Waals surface area (Å²) in [7, 11) is 0. The highest BCUT2D eigenvalue weighted by Gasteiger charge is 2.31. The Morgan fingerprint density at radius 1 is 1.53 bits per heavy atom. The van der Waals surface area contributed by atoms with Crippen molar-refractivity contribution in [2.45, 2.75) is 34.2 Å². The zero-order valence-electron chi connectivity index (χ0n) is 10.2. The normalized spacial score (nSPS) is 11.5. The van der Waals surface area contributed by atoms with Gasteiger partial charge in [-0.25, -0.2) is 0 Å². The van der Waals surface area contributed by atoms with E-state index in [1.165, 1.54) is 11.6 Å². The first-order valence-corrected chi connectivity index (χ1v) is 5.08. The number of hydrogen-bond acceptors (Lipinski definition) is 4. The van der Waals surface area contributed by atoms with E-state index in [2.05, 4.69) is 5.10 Å². The van der Waals surface area contributed by atoms with Crippen LogP contribution >= 0.6 is 0 Å². The zero-order chi connectivity index (χ0) is 13.4. The van der Waals surface area contributed by atoms with E-state index in [4.69, 9.17) is 5.11 Å². The number of nitro groups is 1. The smallest absolute Gasteiger partial charge is 0.312 e. The Bertz CT molecular complexity index is 476. The molecule has 0 aliphatic heterocycles. The molecule has 94 valence electrons. The van der Waals surface area contributed by atoms with Crippen molar-refractivity contribution in [2.24, 2.45) is 5.41 Å². The van der Waals surface area contributed by atoms with E-state index < -0.39 is 16.3 Å². The molecule has 0 unspecified atom stereocenters. The maximum Gasteiger partial charge on any atom is 0.312 e. The van der Waals surface area contributed by atoms with Crippen LogP contribution in [-0.2, 0) is 11.3 Å². The fourth-order valence-corrected chi connectivity index (χ4v) is 1.55. The van der Waals surface area contributed by atoms with Gasteiger partial charge < -0.3 is 5.11 Å². The van der Waals surface area contributed by atoms with Gasteiger partial charge in [0.15, 0.2) is 0 Å². The van der Waals surface area contributed by atoms with Gasteiger partial charge in [-0.05, 0) is 27.7 Å². The Balaban J connectivity index is 3.14. The zero-order valence-corrected chi connectivity index (χ0v) is 10.2. The molecule has 0 fully saturated rings. The lowest BCUT2D eigenvalue weighted by molar-refractivity contribution is -0.386. The van der Waals surface area contributed by atoms with Crippen LogP contribution in [0, 0.1) is 29.4 Å². The summed E-state index contributed by atoms with van der Waals surface area (Å²) in [5, 5.41) is 23.8. The van der Waals surface area contributed by atoms with Gasteiger partial charge in [0, 0.05) is 0 Å². The number of carbonyl (C=O) groups is 1. The summed E-state index contributed by atoms with van der Waals surface area (Å²) in [6.07, 6.45) is 0. The van der Waals surface area contributed by atoms with Gasteiger partial charge in [-0.2, -0.15) is 5.10 Å². The SMILES string of the molecule is Cc1nn(CC(C)(C)C(=O)O)c(C)c1[N+](=O)[O-]. The molecule has 1 N–H and O–H groups in total. The lowest BCUT2D eigenvalue weighted by atomic mass is 9.94. The molecule has 1 aromatic rings. The van der Waals surface area contributed by atoms with Crippen LogP contribution in [-0.4, -0.2) is 25.8 Å². The molecule has 0 bridgehead atoms. The Labute approximate surface area is 98.2 Å². The van der Waals surface area contributed by atoms with Crippen molar-refractivity contribution < 1.29 is 14.8 Å². The van der Waals surface area contributed by atoms with Crippen molar-refractivity contribution in [3.63, 3.8) is 0 Å². The Morgan fingerprint density at radius 2 is 2.06 bits per heavy atom. The molecule has 1 aromatic heterocycles. The van der Waals surface area contributed by atoms with Crippen molar-refractivity contribution >= 4 is 11.7 Å². The topological polar surface area (TPSA) is 98.3 Å². The lowest BCUT2D eigenvalue weighted by Crippen LogP contribution is -2.30. The second-order valence-corrected chi connectivity index (χ2v) is 4.62. The molecule has 1 rings (SSSR count). The molecule has 0 saturated heterocycles. The van der Waals surface area contributed by atoms with Crippen LogP contribution in [0.15, 0.2) is 0 Å². The number of carboxylic acids is 1. The van der Waals surface area contributed by atoms with Crippen LogP contribution in [0.3, 0.4) is 0 Å². The van der Waals surface area contributed by atoms with Crippen molar-refractivity contribution in [2.75, 3.05) is 0 Å². The van der Waals surface area contributed by atoms with E-state index in [1.807, 2.05) is 0 Å². The summed E-state index contributed by atoms with van der Waals surface area (Å²) >= 11 is 0. The van der Waals surface area contributed by atoms with Crippen LogP contribution in [0.4, 0.5) is 5.69 Å². The van der Waals surface area contributed by atoms with E-state index in [0.717, 1.165) is 0 Å². The maximum atomic E-state index is 11.0. The van der Waals surface area contributed by atoms with Crippen LogP contribution in [0.25, 0.3) is 0 Å². The lowest BCUT2D eigenvalue weighted by Gasteiger charge is -2.19. The number of aromatic nitrogens is 2. The maximum absolute atomic E-state index is 11.0. The van der Waals surface area contributed by atoms with E-state index in [-0.39, 0.29) is 12.2 Å². The molecule has 7 heteroatoms. The molecule has 0 aliphatic carbocycles. The van der Waals surface area contributed by atoms with E-state index >= 15 is 0 Å². The van der Waals surface area contributed by atoms with Crippen LogP contribution in [0.5, 0.6) is 0 Å². The highest BCUT2D eigenvalue weighted by Crippen LogP contribution is 2.25. The minimum atomic E-state index is -1.02. The highest BCUT2D eigenvalue weighted by molar-refractivity contribution is 5.73. The van der Waals surface area contributed by atoms with Gasteiger partial charge in [0.1, 0.15) is 11.4 Å². The minimum Gasteiger partial charge on any atom is -0.481 e. The molecule has 0 amide bonds. The van der Waals surface area contributed by atoms with Crippen molar-refractivity contribution in [1.82, 2.24) is 9.78 Å². The van der Waals surface area contributed by atoms with Crippen LogP contribution in [0.2, 0.25) is 0 Å². The average Bonchev–Trinajstić information content (AvgIpc) is 2.40. The van der Waals surface area contributed by atoms with Crippen LogP contribution in [0.1, 0.15) is 25.2 Å². The van der Waals surface area contributed by atoms with E-state index in [0.29, 0.717) is 11.4 Å². The van der Waals surface area contributed by atoms with Gasteiger partial charge in [-0.1, -0.05) is 0 Å². The first-order valence-electron chi connectivity index (χ1n) is 5.08. The number of aliphatic carboxylic acids is 1. The fourth-order valence-electron chi connectivity index (χ4n) is 1.55. The molecule has 0 radical (unpaired) electrons. The molecule has 0 saturated carbocycles. The summed E-state index contributed by atoms with van der Waals surface area (Å²) in [4.78, 5) is 21.3. The fraction of sp³-hybridized carbons (Fsp3) is 0.600. The third-order valence-electron chi connectivity index (χ3n) is 2.65. The highest BCUT2D eigenvalue weighted by atomic mass is 16.6. The Kier molecular flexibility index (Phi) is 3.21. The third-order valence-corrected chi connectivity index (χ3v) is 2.65. The molecular weight excluding hydrogens is 226 g/mol. The number of hydrogen-bond donors (Lipinski definition) is 1. The summed E-state index contributed by atoms with van der Waals surface area (Å²) in [6, 6.07) is 0. The van der Waals surface area contributed by atoms with Gasteiger partial charge in [-0.3, -0.25) is 19.6 Å². The number of carboxylic acid groups (broad SMARTS) is 1. The Morgan fingerprint density at radius 3 is 2.41 bits per heavy atom. The second-order valence-electron chi connectivity index (χ2n) is 4.62.